The Morgan fingerprint density at radius 3 is 2.29 bits per heavy atom. The van der Waals surface area contributed by atoms with E-state index in [1.165, 1.54) is 32.1 Å². The van der Waals surface area contributed by atoms with Crippen LogP contribution in [0.5, 0.6) is 0 Å². The van der Waals surface area contributed by atoms with Gasteiger partial charge in [0.25, 0.3) is 10.0 Å². The smallest absolute Gasteiger partial charge is 0.229 e. The Bertz CT molecular complexity index is 611. The molecule has 1 saturated heterocycles. The lowest BCUT2D eigenvalue weighted by Crippen LogP contribution is -2.43. The van der Waals surface area contributed by atoms with Crippen molar-refractivity contribution in [3.63, 3.8) is 0 Å². The lowest BCUT2D eigenvalue weighted by atomic mass is 9.68. The summed E-state index contributed by atoms with van der Waals surface area (Å²) in [6, 6.07) is 0. The van der Waals surface area contributed by atoms with E-state index in [4.69, 9.17) is 11.6 Å². The van der Waals surface area contributed by atoms with Gasteiger partial charge >= 0.3 is 0 Å². The van der Waals surface area contributed by atoms with Crippen molar-refractivity contribution in [2.45, 2.75) is 56.1 Å². The minimum atomic E-state index is -3.42. The van der Waals surface area contributed by atoms with Crippen molar-refractivity contribution in [2.24, 2.45) is 5.41 Å². The van der Waals surface area contributed by atoms with Gasteiger partial charge in [0.05, 0.1) is 5.69 Å². The maximum absolute atomic E-state index is 12.7. The molecule has 2 aliphatic rings. The van der Waals surface area contributed by atoms with E-state index in [-0.39, 0.29) is 0 Å². The van der Waals surface area contributed by atoms with Crippen LogP contribution in [0, 0.1) is 12.3 Å². The number of halogens is 1. The van der Waals surface area contributed by atoms with Crippen LogP contribution in [0.25, 0.3) is 0 Å². The normalized spacial score (nSPS) is 23.5. The van der Waals surface area contributed by atoms with Gasteiger partial charge in [-0.1, -0.05) is 42.2 Å². The molecule has 1 aromatic heterocycles. The number of thiazole rings is 1. The van der Waals surface area contributed by atoms with Crippen molar-refractivity contribution in [2.75, 3.05) is 13.1 Å². The van der Waals surface area contributed by atoms with Gasteiger partial charge in [-0.25, -0.2) is 13.4 Å². The summed E-state index contributed by atoms with van der Waals surface area (Å²) >= 11 is 6.92. The average molecular weight is 349 g/mol. The van der Waals surface area contributed by atoms with Crippen LogP contribution in [0.2, 0.25) is 4.47 Å². The first-order valence-corrected chi connectivity index (χ1v) is 10.2. The number of hydrogen-bond acceptors (Lipinski definition) is 4. The maximum atomic E-state index is 12.7. The van der Waals surface area contributed by atoms with E-state index in [0.29, 0.717) is 32.9 Å². The van der Waals surface area contributed by atoms with Crippen LogP contribution in [0.1, 0.15) is 50.6 Å². The highest BCUT2D eigenvalue weighted by molar-refractivity contribution is 7.91. The Balaban J connectivity index is 1.75. The lowest BCUT2D eigenvalue weighted by molar-refractivity contribution is 0.102. The number of hydrogen-bond donors (Lipinski definition) is 0. The Kier molecular flexibility index (Phi) is 4.34. The van der Waals surface area contributed by atoms with Gasteiger partial charge in [0.2, 0.25) is 0 Å². The third-order valence-corrected chi connectivity index (χ3v) is 8.75. The molecular weight excluding hydrogens is 328 g/mol. The van der Waals surface area contributed by atoms with Crippen molar-refractivity contribution in [1.29, 1.82) is 0 Å². The lowest BCUT2D eigenvalue weighted by Gasteiger charge is -2.43. The molecule has 0 bridgehead atoms. The number of nitrogens with zero attached hydrogens (tertiary/aromatic N) is 2. The zero-order valence-electron chi connectivity index (χ0n) is 12.3. The third kappa shape index (κ3) is 3.00. The number of rotatable bonds is 2. The summed E-state index contributed by atoms with van der Waals surface area (Å²) in [5, 5.41) is 0. The summed E-state index contributed by atoms with van der Waals surface area (Å²) < 4.78 is 27.7. The summed E-state index contributed by atoms with van der Waals surface area (Å²) in [6.07, 6.45) is 8.48. The van der Waals surface area contributed by atoms with Crippen LogP contribution in [0.3, 0.4) is 0 Å². The molecule has 7 heteroatoms. The molecule has 21 heavy (non-hydrogen) atoms. The van der Waals surface area contributed by atoms with E-state index in [2.05, 4.69) is 4.98 Å². The fourth-order valence-electron chi connectivity index (χ4n) is 3.71. The van der Waals surface area contributed by atoms with Crippen LogP contribution in [-0.4, -0.2) is 30.8 Å². The first-order valence-electron chi connectivity index (χ1n) is 7.56. The van der Waals surface area contributed by atoms with E-state index in [0.717, 1.165) is 24.2 Å². The highest BCUT2D eigenvalue weighted by Gasteiger charge is 2.39. The second kappa shape index (κ2) is 5.80. The van der Waals surface area contributed by atoms with Gasteiger partial charge in [0.1, 0.15) is 0 Å². The van der Waals surface area contributed by atoms with Crippen LogP contribution in [0.4, 0.5) is 0 Å². The maximum Gasteiger partial charge on any atom is 0.254 e. The van der Waals surface area contributed by atoms with Gasteiger partial charge < -0.3 is 0 Å². The van der Waals surface area contributed by atoms with Gasteiger partial charge in [-0.05, 0) is 38.0 Å². The van der Waals surface area contributed by atoms with E-state index in [9.17, 15) is 8.42 Å². The first-order chi connectivity index (χ1) is 9.93. The fraction of sp³-hybridized carbons (Fsp3) is 0.786. The van der Waals surface area contributed by atoms with Gasteiger partial charge in [-0.15, -0.1) is 0 Å². The molecule has 0 aromatic carbocycles. The zero-order valence-corrected chi connectivity index (χ0v) is 14.7. The van der Waals surface area contributed by atoms with Crippen LogP contribution < -0.4 is 0 Å². The monoisotopic (exact) mass is 348 g/mol. The van der Waals surface area contributed by atoms with Gasteiger partial charge in [-0.3, -0.25) is 0 Å². The second-order valence-electron chi connectivity index (χ2n) is 6.30. The predicted octanol–water partition coefficient (Wildman–Crippen LogP) is 3.84. The first kappa shape index (κ1) is 15.7. The molecule has 1 aliphatic heterocycles. The number of piperidine rings is 1. The highest BCUT2D eigenvalue weighted by Crippen LogP contribution is 2.45. The Morgan fingerprint density at radius 1 is 1.14 bits per heavy atom. The molecule has 2 fully saturated rings. The summed E-state index contributed by atoms with van der Waals surface area (Å²) in [7, 11) is -3.42. The quantitative estimate of drug-likeness (QED) is 0.815. The largest absolute Gasteiger partial charge is 0.254 e. The van der Waals surface area contributed by atoms with Crippen molar-refractivity contribution >= 4 is 33.0 Å². The van der Waals surface area contributed by atoms with E-state index in [1.54, 1.807) is 11.2 Å². The second-order valence-corrected chi connectivity index (χ2v) is 10.0. The Hall–Kier alpha value is -0.170. The van der Waals surface area contributed by atoms with Crippen molar-refractivity contribution in [3.8, 4) is 0 Å². The third-order valence-electron chi connectivity index (χ3n) is 5.00. The molecule has 0 amide bonds. The van der Waals surface area contributed by atoms with E-state index in [1.807, 2.05) is 0 Å². The molecular formula is C14H21ClN2O2S2. The Labute approximate surface area is 135 Å². The van der Waals surface area contributed by atoms with E-state index >= 15 is 0 Å². The van der Waals surface area contributed by atoms with Crippen molar-refractivity contribution in [3.05, 3.63) is 10.2 Å². The summed E-state index contributed by atoms with van der Waals surface area (Å²) in [5.41, 5.74) is 0.924. The molecule has 0 atom stereocenters. The van der Waals surface area contributed by atoms with Gasteiger partial charge in [0.15, 0.2) is 8.68 Å². The summed E-state index contributed by atoms with van der Waals surface area (Å²) in [4.78, 5) is 4.03. The zero-order chi connectivity index (χ0) is 15.1. The van der Waals surface area contributed by atoms with Gasteiger partial charge in [-0.2, -0.15) is 4.31 Å². The molecule has 118 valence electrons. The number of aromatic nitrogens is 1. The molecule has 1 aliphatic carbocycles. The minimum Gasteiger partial charge on any atom is -0.229 e. The van der Waals surface area contributed by atoms with Crippen molar-refractivity contribution < 1.29 is 8.42 Å². The van der Waals surface area contributed by atoms with Crippen molar-refractivity contribution in [1.82, 2.24) is 9.29 Å². The molecule has 3 rings (SSSR count). The topological polar surface area (TPSA) is 50.3 Å². The van der Waals surface area contributed by atoms with Crippen LogP contribution >= 0.6 is 22.9 Å². The number of sulfonamides is 1. The molecule has 1 saturated carbocycles. The summed E-state index contributed by atoms with van der Waals surface area (Å²) in [6.45, 7) is 2.98. The van der Waals surface area contributed by atoms with E-state index < -0.39 is 10.0 Å². The number of aryl methyl sites for hydroxylation is 1. The molecule has 4 nitrogen and oxygen atoms in total. The molecule has 1 aromatic rings. The fourth-order valence-corrected chi connectivity index (χ4v) is 7.03. The molecule has 0 radical (unpaired) electrons. The summed E-state index contributed by atoms with van der Waals surface area (Å²) in [5.74, 6) is 0. The molecule has 0 N–H and O–H groups in total. The highest BCUT2D eigenvalue weighted by atomic mass is 35.5. The Morgan fingerprint density at radius 2 is 1.76 bits per heavy atom. The SMILES string of the molecule is Cc1nc(Cl)sc1S(=O)(=O)N1CCC2(CCCCC2)CC1. The minimum absolute atomic E-state index is 0.298. The molecule has 0 unspecified atom stereocenters. The average Bonchev–Trinajstić information content (AvgIpc) is 2.80. The molecule has 1 spiro atoms. The molecule has 2 heterocycles. The van der Waals surface area contributed by atoms with Gasteiger partial charge in [0, 0.05) is 13.1 Å². The predicted molar refractivity (Wildman–Crippen MR) is 85.4 cm³/mol. The standard InChI is InChI=1S/C14H21ClN2O2S2/c1-11-12(20-13(15)16-11)21(18,19)17-9-7-14(8-10-17)5-3-2-4-6-14/h2-10H2,1H3. The van der Waals surface area contributed by atoms with Crippen LogP contribution in [-0.2, 0) is 10.0 Å². The van der Waals surface area contributed by atoms with Crippen LogP contribution in [0.15, 0.2) is 4.21 Å².